The average Bonchev–Trinajstić information content (AvgIpc) is 3.60. The summed E-state index contributed by atoms with van der Waals surface area (Å²) in [6, 6.07) is 18.5. The topological polar surface area (TPSA) is 105 Å². The van der Waals surface area contributed by atoms with E-state index in [0.717, 1.165) is 27.9 Å². The van der Waals surface area contributed by atoms with Crippen LogP contribution in [0, 0.1) is 6.92 Å². The maximum absolute atomic E-state index is 12.7. The van der Waals surface area contributed by atoms with Gasteiger partial charge in [-0.3, -0.25) is 4.90 Å². The quantitative estimate of drug-likeness (QED) is 0.232. The highest BCUT2D eigenvalue weighted by Crippen LogP contribution is 2.35. The first-order valence-corrected chi connectivity index (χ1v) is 14.9. The number of carbonyl (C=O) groups excluding carboxylic acids is 1. The smallest absolute Gasteiger partial charge is 0.406 e. The van der Waals surface area contributed by atoms with Gasteiger partial charge in [-0.05, 0) is 66.3 Å². The van der Waals surface area contributed by atoms with Crippen LogP contribution in [0.5, 0.6) is 5.75 Å². The summed E-state index contributed by atoms with van der Waals surface area (Å²) in [5.74, 6) is 0.784. The molecule has 0 radical (unpaired) electrons. The van der Waals surface area contributed by atoms with Crippen LogP contribution in [-0.4, -0.2) is 56.0 Å². The molecule has 44 heavy (non-hydrogen) atoms. The number of rotatable bonds is 8. The van der Waals surface area contributed by atoms with E-state index in [1.165, 1.54) is 47.0 Å². The number of aromatic nitrogens is 3. The molecule has 1 aromatic heterocycles. The standard InChI is InChI=1S/C31H31F3N6O3S/c1-19(2)25-13-4-20(3)16-26(25)40-27(41)17-44-30(40)37-29(42)35-15-14-21-5-7-22(8-6-21)28-36-18-39(38-28)23-9-11-24(12-10-23)43-31(32,33)34/h4-13,16,18-19,27,41H,14-15,17H2,1-3H3,(H,35,42). The summed E-state index contributed by atoms with van der Waals surface area (Å²) in [6.07, 6.45) is -3.48. The molecule has 5 rings (SSSR count). The monoisotopic (exact) mass is 624 g/mol. The number of thioether (sulfide) groups is 1. The number of hydrogen-bond acceptors (Lipinski definition) is 6. The second-order valence-corrected chi connectivity index (χ2v) is 11.5. The molecule has 2 amide bonds. The minimum absolute atomic E-state index is 0.235. The first-order chi connectivity index (χ1) is 21.0. The summed E-state index contributed by atoms with van der Waals surface area (Å²) in [6.45, 7) is 6.54. The summed E-state index contributed by atoms with van der Waals surface area (Å²) < 4.78 is 42.6. The van der Waals surface area contributed by atoms with E-state index >= 15 is 0 Å². The van der Waals surface area contributed by atoms with Gasteiger partial charge in [-0.25, -0.2) is 14.5 Å². The molecule has 230 valence electrons. The Morgan fingerprint density at radius 2 is 1.86 bits per heavy atom. The van der Waals surface area contributed by atoms with E-state index in [1.54, 1.807) is 4.90 Å². The number of benzene rings is 3. The Morgan fingerprint density at radius 1 is 1.14 bits per heavy atom. The zero-order valence-corrected chi connectivity index (χ0v) is 25.1. The van der Waals surface area contributed by atoms with Crippen molar-refractivity contribution in [1.82, 2.24) is 20.1 Å². The number of carbonyl (C=O) groups is 1. The largest absolute Gasteiger partial charge is 0.573 e. The third-order valence-corrected chi connectivity index (χ3v) is 7.87. The molecule has 2 heterocycles. The van der Waals surface area contributed by atoms with Crippen LogP contribution >= 0.6 is 11.8 Å². The van der Waals surface area contributed by atoms with Crippen LogP contribution < -0.4 is 15.0 Å². The lowest BCUT2D eigenvalue weighted by Gasteiger charge is -2.26. The van der Waals surface area contributed by atoms with Crippen LogP contribution in [0.3, 0.4) is 0 Å². The number of anilines is 1. The molecule has 1 saturated heterocycles. The van der Waals surface area contributed by atoms with Gasteiger partial charge in [0, 0.05) is 23.5 Å². The number of amides is 2. The molecule has 0 saturated carbocycles. The van der Waals surface area contributed by atoms with Gasteiger partial charge in [-0.15, -0.1) is 18.3 Å². The number of aliphatic hydroxyl groups excluding tert-OH is 1. The molecule has 1 atom stereocenters. The van der Waals surface area contributed by atoms with Crippen LogP contribution in [0.15, 0.2) is 78.0 Å². The normalized spacial score (nSPS) is 16.1. The van der Waals surface area contributed by atoms with Crippen molar-refractivity contribution >= 4 is 28.6 Å². The lowest BCUT2D eigenvalue weighted by molar-refractivity contribution is -0.274. The van der Waals surface area contributed by atoms with E-state index < -0.39 is 18.6 Å². The van der Waals surface area contributed by atoms with E-state index in [0.29, 0.717) is 35.4 Å². The van der Waals surface area contributed by atoms with E-state index in [4.69, 9.17) is 0 Å². The Balaban J connectivity index is 1.17. The number of urea groups is 1. The molecule has 0 aliphatic carbocycles. The minimum atomic E-state index is -4.76. The first kappa shape index (κ1) is 31.1. The second kappa shape index (κ2) is 13.1. The Morgan fingerprint density at radius 3 is 2.55 bits per heavy atom. The second-order valence-electron chi connectivity index (χ2n) is 10.5. The number of halogens is 3. The minimum Gasteiger partial charge on any atom is -0.406 e. The third kappa shape index (κ3) is 7.58. The first-order valence-electron chi connectivity index (χ1n) is 13.9. The van der Waals surface area contributed by atoms with Gasteiger partial charge in [0.05, 0.1) is 5.69 Å². The maximum Gasteiger partial charge on any atom is 0.573 e. The summed E-state index contributed by atoms with van der Waals surface area (Å²) >= 11 is 1.35. The van der Waals surface area contributed by atoms with Crippen LogP contribution in [0.25, 0.3) is 17.1 Å². The van der Waals surface area contributed by atoms with Crippen molar-refractivity contribution in [3.8, 4) is 22.8 Å². The van der Waals surface area contributed by atoms with Crippen molar-refractivity contribution in [3.05, 3.63) is 89.7 Å². The summed E-state index contributed by atoms with van der Waals surface area (Å²) in [5, 5.41) is 18.4. The van der Waals surface area contributed by atoms with Gasteiger partial charge >= 0.3 is 12.4 Å². The number of ether oxygens (including phenoxy) is 1. The Kier molecular flexibility index (Phi) is 9.25. The molecule has 1 fully saturated rings. The fraction of sp³-hybridized carbons (Fsp3) is 0.290. The molecule has 3 aromatic carbocycles. The van der Waals surface area contributed by atoms with E-state index in [2.05, 4.69) is 45.0 Å². The molecule has 1 aliphatic rings. The highest BCUT2D eigenvalue weighted by Gasteiger charge is 2.33. The highest BCUT2D eigenvalue weighted by atomic mass is 32.2. The van der Waals surface area contributed by atoms with Gasteiger partial charge in [-0.2, -0.15) is 4.99 Å². The number of nitrogens with one attached hydrogen (secondary N) is 1. The third-order valence-electron chi connectivity index (χ3n) is 6.86. The number of aryl methyl sites for hydroxylation is 1. The number of alkyl halides is 3. The average molecular weight is 625 g/mol. The molecule has 1 aliphatic heterocycles. The zero-order valence-electron chi connectivity index (χ0n) is 24.2. The number of aliphatic imine (C=N–C) groups is 1. The summed E-state index contributed by atoms with van der Waals surface area (Å²) in [4.78, 5) is 23.0. The van der Waals surface area contributed by atoms with E-state index in [1.807, 2.05) is 43.3 Å². The fourth-order valence-corrected chi connectivity index (χ4v) is 5.66. The Labute approximate surface area is 256 Å². The van der Waals surface area contributed by atoms with Crippen LogP contribution in [0.2, 0.25) is 0 Å². The Bertz CT molecular complexity index is 1640. The zero-order chi connectivity index (χ0) is 31.4. The maximum atomic E-state index is 12.7. The SMILES string of the molecule is Cc1ccc(C(C)C)c(N2C(=NC(=O)NCCc3ccc(-c4ncn(-c5ccc(OC(F)(F)F)cc5)n4)cc3)SCC2O)c1. The number of aliphatic hydroxyl groups is 1. The molecule has 13 heteroatoms. The van der Waals surface area contributed by atoms with Crippen molar-refractivity contribution in [1.29, 1.82) is 0 Å². The molecular weight excluding hydrogens is 593 g/mol. The van der Waals surface area contributed by atoms with Crippen molar-refractivity contribution in [3.63, 3.8) is 0 Å². The predicted octanol–water partition coefficient (Wildman–Crippen LogP) is 6.44. The number of nitrogens with zero attached hydrogens (tertiary/aromatic N) is 5. The van der Waals surface area contributed by atoms with Gasteiger partial charge in [0.15, 0.2) is 11.0 Å². The lowest BCUT2D eigenvalue weighted by Crippen LogP contribution is -2.36. The highest BCUT2D eigenvalue weighted by molar-refractivity contribution is 8.14. The molecular formula is C31H31F3N6O3S. The number of hydrogen-bond donors (Lipinski definition) is 2. The van der Waals surface area contributed by atoms with Crippen molar-refractivity contribution in [2.75, 3.05) is 17.2 Å². The van der Waals surface area contributed by atoms with Gasteiger partial charge in [0.1, 0.15) is 18.3 Å². The van der Waals surface area contributed by atoms with Crippen LogP contribution in [0.4, 0.5) is 23.7 Å². The molecule has 0 spiro atoms. The van der Waals surface area contributed by atoms with E-state index in [9.17, 15) is 23.1 Å². The predicted molar refractivity (Wildman–Crippen MR) is 164 cm³/mol. The molecule has 1 unspecified atom stereocenters. The van der Waals surface area contributed by atoms with Crippen molar-refractivity contribution in [2.45, 2.75) is 45.7 Å². The Hall–Kier alpha value is -4.36. The van der Waals surface area contributed by atoms with E-state index in [-0.39, 0.29) is 11.7 Å². The molecule has 9 nitrogen and oxygen atoms in total. The van der Waals surface area contributed by atoms with Gasteiger partial charge in [-0.1, -0.05) is 62.0 Å². The summed E-state index contributed by atoms with van der Waals surface area (Å²) in [5.41, 5.74) is 5.26. The van der Waals surface area contributed by atoms with Crippen molar-refractivity contribution < 1.29 is 27.8 Å². The molecule has 2 N–H and O–H groups in total. The van der Waals surface area contributed by atoms with Crippen LogP contribution in [0.1, 0.15) is 36.5 Å². The molecule has 4 aromatic rings. The lowest BCUT2D eigenvalue weighted by atomic mass is 9.98. The van der Waals surface area contributed by atoms with Crippen molar-refractivity contribution in [2.24, 2.45) is 4.99 Å². The van der Waals surface area contributed by atoms with Gasteiger partial charge in [0.25, 0.3) is 0 Å². The van der Waals surface area contributed by atoms with Crippen LogP contribution in [-0.2, 0) is 6.42 Å². The summed E-state index contributed by atoms with van der Waals surface area (Å²) in [7, 11) is 0. The van der Waals surface area contributed by atoms with Gasteiger partial charge < -0.3 is 15.2 Å². The molecule has 0 bridgehead atoms. The fourth-order valence-electron chi connectivity index (χ4n) is 4.70. The number of amidine groups is 1. The van der Waals surface area contributed by atoms with Gasteiger partial charge in [0.2, 0.25) is 0 Å².